The first kappa shape index (κ1) is 16.7. The van der Waals surface area contributed by atoms with Gasteiger partial charge < -0.3 is 19.7 Å². The summed E-state index contributed by atoms with van der Waals surface area (Å²) in [6.45, 7) is 5.05. The Hall–Kier alpha value is -2.31. The third-order valence-corrected chi connectivity index (χ3v) is 2.60. The number of amides is 1. The number of alkyl carbamates (subject to hydrolysis) is 1. The number of pyridine rings is 1. The van der Waals surface area contributed by atoms with Gasteiger partial charge in [-0.15, -0.1) is 0 Å². The van der Waals surface area contributed by atoms with Gasteiger partial charge in [0, 0.05) is 25.7 Å². The van der Waals surface area contributed by atoms with Crippen molar-refractivity contribution in [2.75, 3.05) is 0 Å². The van der Waals surface area contributed by atoms with Crippen LogP contribution in [0.3, 0.4) is 0 Å². The molecule has 1 atom stereocenters. The van der Waals surface area contributed by atoms with Crippen LogP contribution in [0.4, 0.5) is 4.79 Å². The van der Waals surface area contributed by atoms with E-state index in [0.717, 1.165) is 0 Å². The summed E-state index contributed by atoms with van der Waals surface area (Å²) in [5.74, 6) is -1.19. The Morgan fingerprint density at radius 3 is 2.52 bits per heavy atom. The van der Waals surface area contributed by atoms with Crippen molar-refractivity contribution in [2.45, 2.75) is 38.8 Å². The summed E-state index contributed by atoms with van der Waals surface area (Å²) in [5.41, 5.74) is -0.425. The molecule has 7 nitrogen and oxygen atoms in total. The zero-order valence-electron chi connectivity index (χ0n) is 12.5. The number of aliphatic carboxylic acids is 1. The second kappa shape index (κ2) is 6.43. The number of hydrogen-bond acceptors (Lipinski definition) is 4. The Kier molecular flexibility index (Phi) is 5.12. The van der Waals surface area contributed by atoms with E-state index in [0.29, 0.717) is 5.56 Å². The molecule has 0 aromatic carbocycles. The number of hydrogen-bond donors (Lipinski definition) is 2. The highest BCUT2D eigenvalue weighted by molar-refractivity contribution is 5.80. The summed E-state index contributed by atoms with van der Waals surface area (Å²) < 4.78 is 6.40. The van der Waals surface area contributed by atoms with Crippen molar-refractivity contribution in [3.8, 4) is 0 Å². The minimum absolute atomic E-state index is 0.00462. The van der Waals surface area contributed by atoms with E-state index in [1.807, 2.05) is 0 Å². The van der Waals surface area contributed by atoms with Crippen LogP contribution in [0.1, 0.15) is 26.3 Å². The molecule has 0 radical (unpaired) electrons. The van der Waals surface area contributed by atoms with Gasteiger partial charge in [0.05, 0.1) is 0 Å². The fraction of sp³-hybridized carbons (Fsp3) is 0.500. The second-order valence-electron chi connectivity index (χ2n) is 5.73. The van der Waals surface area contributed by atoms with Gasteiger partial charge in [0.15, 0.2) is 0 Å². The number of carboxylic acids is 1. The first-order valence-corrected chi connectivity index (χ1v) is 6.46. The van der Waals surface area contributed by atoms with E-state index in [2.05, 4.69) is 5.32 Å². The Balaban J connectivity index is 2.78. The predicted octanol–water partition coefficient (Wildman–Crippen LogP) is 0.906. The average Bonchev–Trinajstić information content (AvgIpc) is 2.30. The van der Waals surface area contributed by atoms with Gasteiger partial charge in [-0.2, -0.15) is 0 Å². The van der Waals surface area contributed by atoms with Gasteiger partial charge in [-0.05, 0) is 32.4 Å². The summed E-state index contributed by atoms with van der Waals surface area (Å²) in [7, 11) is 1.60. The first-order chi connectivity index (χ1) is 9.58. The van der Waals surface area contributed by atoms with Crippen LogP contribution in [-0.4, -0.2) is 33.4 Å². The zero-order valence-corrected chi connectivity index (χ0v) is 12.5. The van der Waals surface area contributed by atoms with Crippen LogP contribution in [0.2, 0.25) is 0 Å². The Labute approximate surface area is 122 Å². The standard InChI is InChI=1S/C14H20N2O5/c1-14(2,3)21-13(20)15-10(12(18)19)7-9-5-6-16(4)11(17)8-9/h5-6,8,10H,7H2,1-4H3,(H,15,20)(H,18,19). The second-order valence-corrected chi connectivity index (χ2v) is 5.73. The quantitative estimate of drug-likeness (QED) is 0.860. The van der Waals surface area contributed by atoms with Crippen LogP contribution >= 0.6 is 0 Å². The molecule has 0 fully saturated rings. The molecule has 1 amide bonds. The van der Waals surface area contributed by atoms with E-state index in [1.54, 1.807) is 40.1 Å². The van der Waals surface area contributed by atoms with Gasteiger partial charge in [0.2, 0.25) is 0 Å². The number of aryl methyl sites for hydroxylation is 1. The van der Waals surface area contributed by atoms with Crippen LogP contribution in [0.15, 0.2) is 23.1 Å². The van der Waals surface area contributed by atoms with Crippen molar-refractivity contribution in [3.63, 3.8) is 0 Å². The molecule has 0 aliphatic rings. The minimum Gasteiger partial charge on any atom is -0.480 e. The van der Waals surface area contributed by atoms with Gasteiger partial charge in [-0.3, -0.25) is 4.79 Å². The average molecular weight is 296 g/mol. The number of carbonyl (C=O) groups is 2. The maximum atomic E-state index is 11.6. The fourth-order valence-electron chi connectivity index (χ4n) is 1.60. The van der Waals surface area contributed by atoms with Gasteiger partial charge in [0.1, 0.15) is 11.6 Å². The Bertz CT molecular complexity index is 586. The summed E-state index contributed by atoms with van der Waals surface area (Å²) >= 11 is 0. The fourth-order valence-corrected chi connectivity index (χ4v) is 1.60. The molecule has 7 heteroatoms. The molecule has 21 heavy (non-hydrogen) atoms. The highest BCUT2D eigenvalue weighted by Gasteiger charge is 2.24. The molecule has 0 spiro atoms. The highest BCUT2D eigenvalue weighted by atomic mass is 16.6. The van der Waals surface area contributed by atoms with Gasteiger partial charge in [-0.1, -0.05) is 0 Å². The third kappa shape index (κ3) is 5.68. The molecule has 0 aliphatic heterocycles. The number of nitrogens with zero attached hydrogens (tertiary/aromatic N) is 1. The van der Waals surface area contributed by atoms with Crippen molar-refractivity contribution < 1.29 is 19.4 Å². The number of carboxylic acid groups (broad SMARTS) is 1. The molecular weight excluding hydrogens is 276 g/mol. The maximum absolute atomic E-state index is 11.6. The van der Waals surface area contributed by atoms with Crippen LogP contribution in [-0.2, 0) is 23.0 Å². The SMILES string of the molecule is Cn1ccc(CC(NC(=O)OC(C)(C)C)C(=O)O)cc1=O. The number of aromatic nitrogens is 1. The normalized spacial score (nSPS) is 12.6. The lowest BCUT2D eigenvalue weighted by molar-refractivity contribution is -0.139. The summed E-state index contributed by atoms with van der Waals surface area (Å²) in [4.78, 5) is 34.3. The van der Waals surface area contributed by atoms with Gasteiger partial charge >= 0.3 is 12.1 Å². The smallest absolute Gasteiger partial charge is 0.408 e. The molecule has 0 bridgehead atoms. The van der Waals surface area contributed by atoms with Gasteiger partial charge in [0.25, 0.3) is 5.56 Å². The Morgan fingerprint density at radius 2 is 2.05 bits per heavy atom. The summed E-state index contributed by atoms with van der Waals surface area (Å²) in [6, 6.07) is 1.81. The number of rotatable bonds is 4. The molecule has 0 aliphatic carbocycles. The number of carbonyl (C=O) groups excluding carboxylic acids is 1. The first-order valence-electron chi connectivity index (χ1n) is 6.46. The lowest BCUT2D eigenvalue weighted by Crippen LogP contribution is -2.44. The van der Waals surface area contributed by atoms with E-state index < -0.39 is 23.7 Å². The molecule has 0 saturated carbocycles. The largest absolute Gasteiger partial charge is 0.480 e. The predicted molar refractivity (Wildman–Crippen MR) is 76.2 cm³/mol. The highest BCUT2D eigenvalue weighted by Crippen LogP contribution is 2.08. The topological polar surface area (TPSA) is 97.6 Å². The minimum atomic E-state index is -1.19. The number of nitrogens with one attached hydrogen (secondary N) is 1. The van der Waals surface area contributed by atoms with Crippen molar-refractivity contribution >= 4 is 12.1 Å². The molecule has 1 rings (SSSR count). The summed E-state index contributed by atoms with van der Waals surface area (Å²) in [6.07, 6.45) is 0.744. The van der Waals surface area contributed by atoms with Gasteiger partial charge in [-0.25, -0.2) is 9.59 Å². The van der Waals surface area contributed by atoms with Crippen LogP contribution in [0.5, 0.6) is 0 Å². The molecule has 1 aromatic heterocycles. The monoisotopic (exact) mass is 296 g/mol. The van der Waals surface area contributed by atoms with Crippen molar-refractivity contribution in [3.05, 3.63) is 34.2 Å². The number of ether oxygens (including phenoxy) is 1. The lowest BCUT2D eigenvalue weighted by atomic mass is 10.1. The molecule has 1 heterocycles. The van der Waals surface area contributed by atoms with Crippen LogP contribution in [0, 0.1) is 0 Å². The van der Waals surface area contributed by atoms with Crippen LogP contribution in [0.25, 0.3) is 0 Å². The molecule has 0 saturated heterocycles. The van der Waals surface area contributed by atoms with Crippen molar-refractivity contribution in [1.29, 1.82) is 0 Å². The zero-order chi connectivity index (χ0) is 16.2. The Morgan fingerprint density at radius 1 is 1.43 bits per heavy atom. The third-order valence-electron chi connectivity index (χ3n) is 2.60. The van der Waals surface area contributed by atoms with E-state index >= 15 is 0 Å². The lowest BCUT2D eigenvalue weighted by Gasteiger charge is -2.22. The van der Waals surface area contributed by atoms with E-state index in [1.165, 1.54) is 10.6 Å². The molecule has 2 N–H and O–H groups in total. The maximum Gasteiger partial charge on any atom is 0.408 e. The van der Waals surface area contributed by atoms with E-state index in [4.69, 9.17) is 9.84 Å². The van der Waals surface area contributed by atoms with E-state index in [-0.39, 0.29) is 12.0 Å². The molecule has 1 aromatic rings. The molecule has 116 valence electrons. The van der Waals surface area contributed by atoms with Crippen molar-refractivity contribution in [1.82, 2.24) is 9.88 Å². The van der Waals surface area contributed by atoms with Crippen LogP contribution < -0.4 is 10.9 Å². The molecule has 1 unspecified atom stereocenters. The summed E-state index contributed by atoms with van der Waals surface area (Å²) in [5, 5.41) is 11.4. The van der Waals surface area contributed by atoms with E-state index in [9.17, 15) is 14.4 Å². The molecular formula is C14H20N2O5. The van der Waals surface area contributed by atoms with Crippen molar-refractivity contribution in [2.24, 2.45) is 7.05 Å².